The number of benzene rings is 1. The Morgan fingerprint density at radius 3 is 2.55 bits per heavy atom. The zero-order valence-corrected chi connectivity index (χ0v) is 21.1. The zero-order valence-electron chi connectivity index (χ0n) is 20.3. The molecule has 0 radical (unpaired) electrons. The van der Waals surface area contributed by atoms with Crippen LogP contribution in [0, 0.1) is 34.5 Å². The van der Waals surface area contributed by atoms with Crippen molar-refractivity contribution in [2.45, 2.75) is 76.5 Å². The van der Waals surface area contributed by atoms with E-state index in [1.54, 1.807) is 24.3 Å². The SMILES string of the molecule is CC#C[C@]1(C(C)=O)CCC2C3CCC4=CC(=O)CCC4=C3C(c3ccc(SC)cc3)CC21C. The third-order valence-corrected chi connectivity index (χ3v) is 10.1. The molecule has 3 heteroatoms. The lowest BCUT2D eigenvalue weighted by molar-refractivity contribution is -0.130. The average molecular weight is 459 g/mol. The molecule has 0 bridgehead atoms. The number of ketones is 2. The van der Waals surface area contributed by atoms with Gasteiger partial charge < -0.3 is 0 Å². The van der Waals surface area contributed by atoms with Gasteiger partial charge in [-0.1, -0.05) is 30.6 Å². The molecule has 2 fully saturated rings. The van der Waals surface area contributed by atoms with E-state index in [4.69, 9.17) is 0 Å². The predicted molar refractivity (Wildman–Crippen MR) is 135 cm³/mol. The molecular weight excluding hydrogens is 424 g/mol. The highest BCUT2D eigenvalue weighted by Gasteiger charge is 2.64. The number of hydrogen-bond donors (Lipinski definition) is 0. The number of carbonyl (C=O) groups excluding carboxylic acids is 2. The van der Waals surface area contributed by atoms with Gasteiger partial charge in [-0.15, -0.1) is 17.7 Å². The second-order valence-corrected chi connectivity index (χ2v) is 11.5. The Hall–Kier alpha value is -2.05. The van der Waals surface area contributed by atoms with Gasteiger partial charge >= 0.3 is 0 Å². The van der Waals surface area contributed by atoms with Gasteiger partial charge in [0.25, 0.3) is 0 Å². The first-order valence-electron chi connectivity index (χ1n) is 12.4. The number of Topliss-reactive ketones (excluding diaryl/α,β-unsaturated/α-hetero) is 1. The van der Waals surface area contributed by atoms with Gasteiger partial charge in [-0.25, -0.2) is 0 Å². The Kier molecular flexibility index (Phi) is 5.73. The van der Waals surface area contributed by atoms with Crippen LogP contribution in [-0.4, -0.2) is 17.8 Å². The van der Waals surface area contributed by atoms with E-state index in [1.807, 2.05) is 13.0 Å². The van der Waals surface area contributed by atoms with Crippen molar-refractivity contribution in [1.82, 2.24) is 0 Å². The summed E-state index contributed by atoms with van der Waals surface area (Å²) in [6, 6.07) is 9.06. The number of rotatable bonds is 3. The molecule has 0 N–H and O–H groups in total. The number of hydrogen-bond acceptors (Lipinski definition) is 3. The average Bonchev–Trinajstić information content (AvgIpc) is 3.11. The summed E-state index contributed by atoms with van der Waals surface area (Å²) in [5.74, 6) is 8.39. The predicted octanol–water partition coefficient (Wildman–Crippen LogP) is 6.91. The minimum absolute atomic E-state index is 0.134. The quantitative estimate of drug-likeness (QED) is 0.365. The van der Waals surface area contributed by atoms with Gasteiger partial charge in [0.15, 0.2) is 5.78 Å². The van der Waals surface area contributed by atoms with E-state index < -0.39 is 5.41 Å². The molecule has 172 valence electrons. The van der Waals surface area contributed by atoms with E-state index in [0.29, 0.717) is 18.3 Å². The van der Waals surface area contributed by atoms with Gasteiger partial charge in [0.05, 0.1) is 5.41 Å². The highest BCUT2D eigenvalue weighted by Crippen LogP contribution is 2.69. The third-order valence-electron chi connectivity index (χ3n) is 9.39. The van der Waals surface area contributed by atoms with Crippen LogP contribution in [0.25, 0.3) is 0 Å². The topological polar surface area (TPSA) is 34.1 Å². The molecule has 2 nitrogen and oxygen atoms in total. The number of allylic oxidation sites excluding steroid dienone is 4. The van der Waals surface area contributed by atoms with Crippen LogP contribution in [0.1, 0.15) is 77.2 Å². The van der Waals surface area contributed by atoms with Crippen LogP contribution in [0.15, 0.2) is 52.0 Å². The minimum atomic E-state index is -0.543. The van der Waals surface area contributed by atoms with Crippen LogP contribution in [0.2, 0.25) is 0 Å². The largest absolute Gasteiger partial charge is 0.298 e. The molecule has 0 aliphatic heterocycles. The molecule has 2 saturated carbocycles. The van der Waals surface area contributed by atoms with Crippen LogP contribution < -0.4 is 0 Å². The van der Waals surface area contributed by atoms with Crippen molar-refractivity contribution in [2.24, 2.45) is 22.7 Å². The van der Waals surface area contributed by atoms with Crippen molar-refractivity contribution >= 4 is 23.3 Å². The fourth-order valence-electron chi connectivity index (χ4n) is 7.91. The maximum absolute atomic E-state index is 13.2. The van der Waals surface area contributed by atoms with Gasteiger partial charge in [0.1, 0.15) is 5.78 Å². The Labute approximate surface area is 202 Å². The number of fused-ring (bicyclic) bond motifs is 4. The lowest BCUT2D eigenvalue weighted by Crippen LogP contribution is -2.50. The Balaban J connectivity index is 1.71. The van der Waals surface area contributed by atoms with E-state index in [-0.39, 0.29) is 22.9 Å². The second-order valence-electron chi connectivity index (χ2n) is 10.6. The van der Waals surface area contributed by atoms with Crippen LogP contribution >= 0.6 is 11.8 Å². The lowest BCUT2D eigenvalue weighted by Gasteiger charge is -2.54. The standard InChI is InChI=1S/C30H34O2S/c1-5-15-30(19(2)31)16-14-27-25-12-8-21-17-22(32)9-13-24(21)28(25)26(18-29(27,30)3)20-6-10-23(33-4)11-7-20/h6-7,10-11,17,25-27H,8-9,12-14,16,18H2,1-4H3/t25?,26?,27?,29?,30-/m1/s1. The van der Waals surface area contributed by atoms with Gasteiger partial charge in [0, 0.05) is 17.2 Å². The van der Waals surface area contributed by atoms with E-state index in [1.165, 1.54) is 21.6 Å². The normalized spacial score (nSPS) is 35.1. The van der Waals surface area contributed by atoms with E-state index in [2.05, 4.69) is 49.3 Å². The van der Waals surface area contributed by atoms with Crippen LogP contribution in [-0.2, 0) is 9.59 Å². The molecule has 0 saturated heterocycles. The van der Waals surface area contributed by atoms with Crippen molar-refractivity contribution in [3.8, 4) is 11.8 Å². The summed E-state index contributed by atoms with van der Waals surface area (Å²) < 4.78 is 0. The molecule has 4 aliphatic carbocycles. The molecule has 0 aromatic heterocycles. The molecule has 0 heterocycles. The molecule has 5 atom stereocenters. The smallest absolute Gasteiger partial charge is 0.156 e. The zero-order chi connectivity index (χ0) is 23.4. The Morgan fingerprint density at radius 2 is 1.88 bits per heavy atom. The van der Waals surface area contributed by atoms with Crippen LogP contribution in [0.3, 0.4) is 0 Å². The lowest BCUT2D eigenvalue weighted by atomic mass is 9.48. The van der Waals surface area contributed by atoms with E-state index >= 15 is 0 Å². The molecule has 4 aliphatic rings. The van der Waals surface area contributed by atoms with Crippen molar-refractivity contribution in [2.75, 3.05) is 6.26 Å². The first kappa shape index (κ1) is 22.7. The van der Waals surface area contributed by atoms with Crippen LogP contribution in [0.5, 0.6) is 0 Å². The summed E-state index contributed by atoms with van der Waals surface area (Å²) in [5, 5.41) is 0. The van der Waals surface area contributed by atoms with Crippen LogP contribution in [0.4, 0.5) is 0 Å². The summed E-state index contributed by atoms with van der Waals surface area (Å²) in [6.45, 7) is 6.02. The van der Waals surface area contributed by atoms with E-state index in [9.17, 15) is 9.59 Å². The summed E-state index contributed by atoms with van der Waals surface area (Å²) in [5.41, 5.74) is 5.02. The number of thioether (sulfide) groups is 1. The summed E-state index contributed by atoms with van der Waals surface area (Å²) >= 11 is 1.77. The maximum Gasteiger partial charge on any atom is 0.156 e. The number of carbonyl (C=O) groups is 2. The van der Waals surface area contributed by atoms with Gasteiger partial charge in [0.2, 0.25) is 0 Å². The maximum atomic E-state index is 13.2. The first-order chi connectivity index (χ1) is 15.8. The molecule has 0 amide bonds. The van der Waals surface area contributed by atoms with Crippen molar-refractivity contribution in [3.05, 3.63) is 52.6 Å². The van der Waals surface area contributed by atoms with Crippen molar-refractivity contribution in [1.29, 1.82) is 0 Å². The summed E-state index contributed by atoms with van der Waals surface area (Å²) in [4.78, 5) is 26.7. The van der Waals surface area contributed by atoms with Crippen molar-refractivity contribution in [3.63, 3.8) is 0 Å². The second kappa shape index (κ2) is 8.31. The fourth-order valence-corrected chi connectivity index (χ4v) is 8.32. The van der Waals surface area contributed by atoms with Gasteiger partial charge in [-0.05, 0) is 111 Å². The van der Waals surface area contributed by atoms with E-state index in [0.717, 1.165) is 38.5 Å². The Morgan fingerprint density at radius 1 is 1.12 bits per heavy atom. The molecule has 5 rings (SSSR count). The Bertz CT molecular complexity index is 1130. The highest BCUT2D eigenvalue weighted by atomic mass is 32.2. The molecule has 33 heavy (non-hydrogen) atoms. The van der Waals surface area contributed by atoms with Crippen molar-refractivity contribution < 1.29 is 9.59 Å². The molecular formula is C30H34O2S. The molecule has 0 spiro atoms. The molecule has 1 aromatic carbocycles. The monoisotopic (exact) mass is 458 g/mol. The first-order valence-corrected chi connectivity index (χ1v) is 13.6. The third kappa shape index (κ3) is 3.32. The molecule has 4 unspecified atom stereocenters. The molecule has 1 aromatic rings. The summed E-state index contributed by atoms with van der Waals surface area (Å²) in [6.07, 6.45) is 10.5. The van der Waals surface area contributed by atoms with Gasteiger partial charge in [-0.3, -0.25) is 9.59 Å². The minimum Gasteiger partial charge on any atom is -0.298 e. The fraction of sp³-hybridized carbons (Fsp3) is 0.533. The summed E-state index contributed by atoms with van der Waals surface area (Å²) in [7, 11) is 0. The van der Waals surface area contributed by atoms with Gasteiger partial charge in [-0.2, -0.15) is 0 Å². The highest BCUT2D eigenvalue weighted by molar-refractivity contribution is 7.98.